The van der Waals surface area contributed by atoms with E-state index in [0.29, 0.717) is 36.2 Å². The lowest BCUT2D eigenvalue weighted by atomic mass is 9.88. The average molecular weight is 423 g/mol. The smallest absolute Gasteiger partial charge is 0.322 e. The van der Waals surface area contributed by atoms with Crippen LogP contribution >= 0.6 is 11.6 Å². The highest BCUT2D eigenvalue weighted by Gasteiger charge is 2.31. The van der Waals surface area contributed by atoms with Crippen molar-refractivity contribution in [2.24, 2.45) is 0 Å². The standard InChI is InChI=1S/C20H27ClN4O4/c1-24(2)15-10-13(11-16(29-3)18(15)21)12-6-8-25(9-7-12)17(26)5-4-14-19(27)23-20(28)22-14/h10-12,14H,4-9H2,1-3H3,(H2,22,23,27,28)/t14-/m1/s1. The summed E-state index contributed by atoms with van der Waals surface area (Å²) in [4.78, 5) is 39.1. The topological polar surface area (TPSA) is 91.0 Å². The van der Waals surface area contributed by atoms with Crippen LogP contribution in [0.2, 0.25) is 5.02 Å². The predicted molar refractivity (Wildman–Crippen MR) is 111 cm³/mol. The molecule has 158 valence electrons. The summed E-state index contributed by atoms with van der Waals surface area (Å²) in [5.41, 5.74) is 2.07. The lowest BCUT2D eigenvalue weighted by molar-refractivity contribution is -0.132. The fraction of sp³-hybridized carbons (Fsp3) is 0.550. The third-order valence-corrected chi connectivity index (χ3v) is 5.95. The number of anilines is 1. The summed E-state index contributed by atoms with van der Waals surface area (Å²) in [6.45, 7) is 1.32. The molecule has 2 saturated heterocycles. The maximum Gasteiger partial charge on any atom is 0.322 e. The van der Waals surface area contributed by atoms with E-state index in [0.717, 1.165) is 24.1 Å². The first-order valence-corrected chi connectivity index (χ1v) is 10.1. The summed E-state index contributed by atoms with van der Waals surface area (Å²) in [7, 11) is 5.50. The number of amides is 4. The highest BCUT2D eigenvalue weighted by atomic mass is 35.5. The van der Waals surface area contributed by atoms with Crippen LogP contribution in [0.4, 0.5) is 10.5 Å². The lowest BCUT2D eigenvalue weighted by Crippen LogP contribution is -2.39. The summed E-state index contributed by atoms with van der Waals surface area (Å²) in [6.07, 6.45) is 2.26. The molecule has 1 aromatic carbocycles. The van der Waals surface area contributed by atoms with Gasteiger partial charge in [0.15, 0.2) is 0 Å². The molecule has 0 aliphatic carbocycles. The van der Waals surface area contributed by atoms with Gasteiger partial charge in [0.25, 0.3) is 5.91 Å². The molecule has 0 saturated carbocycles. The number of carbonyl (C=O) groups is 3. The third-order valence-electron chi connectivity index (χ3n) is 5.57. The molecule has 9 heteroatoms. The van der Waals surface area contributed by atoms with Crippen molar-refractivity contribution in [3.63, 3.8) is 0 Å². The number of benzene rings is 1. The lowest BCUT2D eigenvalue weighted by Gasteiger charge is -2.33. The zero-order valence-electron chi connectivity index (χ0n) is 17.0. The first-order chi connectivity index (χ1) is 13.8. The Morgan fingerprint density at radius 3 is 2.52 bits per heavy atom. The largest absolute Gasteiger partial charge is 0.495 e. The van der Waals surface area contributed by atoms with Crippen molar-refractivity contribution in [2.45, 2.75) is 37.6 Å². The molecular formula is C20H27ClN4O4. The Morgan fingerprint density at radius 2 is 1.97 bits per heavy atom. The SMILES string of the molecule is COc1cc(C2CCN(C(=O)CC[C@H]3NC(=O)NC3=O)CC2)cc(N(C)C)c1Cl. The number of hydrogen-bond acceptors (Lipinski definition) is 5. The highest BCUT2D eigenvalue weighted by molar-refractivity contribution is 6.34. The number of methoxy groups -OCH3 is 1. The van der Waals surface area contributed by atoms with Gasteiger partial charge in [-0.15, -0.1) is 0 Å². The predicted octanol–water partition coefficient (Wildman–Crippen LogP) is 2.11. The number of imide groups is 1. The van der Waals surface area contributed by atoms with Crippen molar-refractivity contribution >= 4 is 35.1 Å². The number of hydrogen-bond donors (Lipinski definition) is 2. The van der Waals surface area contributed by atoms with Crippen LogP contribution < -0.4 is 20.3 Å². The zero-order valence-corrected chi connectivity index (χ0v) is 17.7. The number of nitrogens with one attached hydrogen (secondary N) is 2. The molecule has 1 atom stereocenters. The molecule has 0 aromatic heterocycles. The Morgan fingerprint density at radius 1 is 1.28 bits per heavy atom. The molecule has 2 aliphatic rings. The van der Waals surface area contributed by atoms with Gasteiger partial charge in [-0.25, -0.2) is 4.79 Å². The van der Waals surface area contributed by atoms with Crippen LogP contribution in [-0.4, -0.2) is 63.1 Å². The third kappa shape index (κ3) is 4.75. The Labute approximate surface area is 175 Å². The molecule has 0 bridgehead atoms. The Hall–Kier alpha value is -2.48. The van der Waals surface area contributed by atoms with Crippen LogP contribution in [0.5, 0.6) is 5.75 Å². The van der Waals surface area contributed by atoms with Crippen LogP contribution in [0.1, 0.15) is 37.2 Å². The van der Waals surface area contributed by atoms with Gasteiger partial charge in [-0.2, -0.15) is 0 Å². The van der Waals surface area contributed by atoms with Crippen LogP contribution in [0.15, 0.2) is 12.1 Å². The van der Waals surface area contributed by atoms with Gasteiger partial charge < -0.3 is 19.9 Å². The Kier molecular flexibility index (Phi) is 6.52. The van der Waals surface area contributed by atoms with Crippen molar-refractivity contribution in [1.29, 1.82) is 0 Å². The van der Waals surface area contributed by atoms with Gasteiger partial charge in [0.05, 0.1) is 12.8 Å². The van der Waals surface area contributed by atoms with E-state index in [-0.39, 0.29) is 18.2 Å². The van der Waals surface area contributed by atoms with E-state index < -0.39 is 12.1 Å². The number of carbonyl (C=O) groups excluding carboxylic acids is 3. The van der Waals surface area contributed by atoms with E-state index in [1.54, 1.807) is 7.11 Å². The van der Waals surface area contributed by atoms with Crippen molar-refractivity contribution in [2.75, 3.05) is 39.2 Å². The van der Waals surface area contributed by atoms with Gasteiger partial charge in [0, 0.05) is 33.6 Å². The quantitative estimate of drug-likeness (QED) is 0.685. The van der Waals surface area contributed by atoms with E-state index in [9.17, 15) is 14.4 Å². The van der Waals surface area contributed by atoms with Gasteiger partial charge in [0.2, 0.25) is 5.91 Å². The summed E-state index contributed by atoms with van der Waals surface area (Å²) in [5.74, 6) is 0.627. The maximum atomic E-state index is 12.5. The van der Waals surface area contributed by atoms with Crippen molar-refractivity contribution < 1.29 is 19.1 Å². The number of rotatable bonds is 6. The molecule has 0 radical (unpaired) electrons. The van der Waals surface area contributed by atoms with Crippen molar-refractivity contribution in [3.05, 3.63) is 22.7 Å². The summed E-state index contributed by atoms with van der Waals surface area (Å²) < 4.78 is 5.44. The molecular weight excluding hydrogens is 396 g/mol. The number of halogens is 1. The molecule has 29 heavy (non-hydrogen) atoms. The van der Waals surface area contributed by atoms with Gasteiger partial charge in [-0.05, 0) is 42.9 Å². The molecule has 2 N–H and O–H groups in total. The van der Waals surface area contributed by atoms with Gasteiger partial charge in [-0.3, -0.25) is 14.9 Å². The normalized spacial score (nSPS) is 19.7. The second-order valence-electron chi connectivity index (χ2n) is 7.66. The van der Waals surface area contributed by atoms with Crippen LogP contribution in [-0.2, 0) is 9.59 Å². The second kappa shape index (κ2) is 8.90. The monoisotopic (exact) mass is 422 g/mol. The molecule has 8 nitrogen and oxygen atoms in total. The summed E-state index contributed by atoms with van der Waals surface area (Å²) in [5, 5.41) is 5.30. The van der Waals surface area contributed by atoms with Crippen LogP contribution in [0.25, 0.3) is 0 Å². The van der Waals surface area contributed by atoms with Crippen LogP contribution in [0, 0.1) is 0 Å². The number of likely N-dealkylation sites (tertiary alicyclic amines) is 1. The van der Waals surface area contributed by atoms with Crippen molar-refractivity contribution in [1.82, 2.24) is 15.5 Å². The molecule has 2 fully saturated rings. The van der Waals surface area contributed by atoms with Gasteiger partial charge in [-0.1, -0.05) is 11.6 Å². The molecule has 0 unspecified atom stereocenters. The van der Waals surface area contributed by atoms with E-state index in [1.807, 2.05) is 30.0 Å². The molecule has 4 amide bonds. The average Bonchev–Trinajstić information content (AvgIpc) is 3.03. The molecule has 0 spiro atoms. The number of nitrogens with zero attached hydrogens (tertiary/aromatic N) is 2. The number of ether oxygens (including phenoxy) is 1. The second-order valence-corrected chi connectivity index (χ2v) is 8.04. The van der Waals surface area contributed by atoms with Crippen molar-refractivity contribution in [3.8, 4) is 5.75 Å². The fourth-order valence-corrected chi connectivity index (χ4v) is 4.22. The van der Waals surface area contributed by atoms with Crippen LogP contribution in [0.3, 0.4) is 0 Å². The van der Waals surface area contributed by atoms with E-state index in [4.69, 9.17) is 16.3 Å². The Bertz CT molecular complexity index is 806. The minimum Gasteiger partial charge on any atom is -0.495 e. The first kappa shape index (κ1) is 21.2. The van der Waals surface area contributed by atoms with Gasteiger partial charge in [0.1, 0.15) is 16.8 Å². The fourth-order valence-electron chi connectivity index (χ4n) is 3.86. The zero-order chi connectivity index (χ0) is 21.1. The van der Waals surface area contributed by atoms with E-state index >= 15 is 0 Å². The minimum absolute atomic E-state index is 0.0140. The molecule has 3 rings (SSSR count). The number of urea groups is 1. The summed E-state index contributed by atoms with van der Waals surface area (Å²) in [6, 6.07) is 2.96. The summed E-state index contributed by atoms with van der Waals surface area (Å²) >= 11 is 6.41. The molecule has 2 heterocycles. The maximum absolute atomic E-state index is 12.5. The minimum atomic E-state index is -0.616. The Balaban J connectivity index is 1.57. The van der Waals surface area contributed by atoms with E-state index in [2.05, 4.69) is 16.7 Å². The first-order valence-electron chi connectivity index (χ1n) is 9.74. The van der Waals surface area contributed by atoms with E-state index in [1.165, 1.54) is 0 Å². The highest BCUT2D eigenvalue weighted by Crippen LogP contribution is 2.39. The molecule has 2 aliphatic heterocycles. The number of piperidine rings is 1. The molecule has 1 aromatic rings. The van der Waals surface area contributed by atoms with Gasteiger partial charge >= 0.3 is 6.03 Å².